The molecule has 0 aliphatic heterocycles. The Morgan fingerprint density at radius 3 is 2.66 bits per heavy atom. The van der Waals surface area contributed by atoms with Crippen LogP contribution in [0.5, 0.6) is 0 Å². The molecule has 0 spiro atoms. The third-order valence-electron chi connectivity index (χ3n) is 5.16. The topological polar surface area (TPSA) is 123 Å². The maximum atomic E-state index is 13.2. The highest BCUT2D eigenvalue weighted by atomic mass is 35.5. The summed E-state index contributed by atoms with van der Waals surface area (Å²) < 4.78 is 33.0. The molecule has 2 N–H and O–H groups in total. The lowest BCUT2D eigenvalue weighted by Crippen LogP contribution is -2.30. The standard InChI is InChI=1S/C18H19ClN2O3.CH4O3S/c1-10-15-17(20-24-10)16-13(19)6-3-7-14(16)21(18(15)23)12-5-2-4-11(8-12)9-22;1-5(2,3)4/h3,6-7,11-12,22H,2,4-5,8-9H2,1H3;1H3,(H,2,3,4)/t11-,12+;/m1./s1. The third kappa shape index (κ3) is 4.63. The molecule has 29 heavy (non-hydrogen) atoms. The Morgan fingerprint density at radius 2 is 2.00 bits per heavy atom. The Hall–Kier alpha value is -1.94. The van der Waals surface area contributed by atoms with Crippen molar-refractivity contribution in [2.75, 3.05) is 12.9 Å². The summed E-state index contributed by atoms with van der Waals surface area (Å²) in [5.41, 5.74) is 1.24. The summed E-state index contributed by atoms with van der Waals surface area (Å²) in [6.45, 7) is 1.92. The highest BCUT2D eigenvalue weighted by molar-refractivity contribution is 7.85. The molecule has 2 heterocycles. The van der Waals surface area contributed by atoms with Gasteiger partial charge in [0.1, 0.15) is 16.7 Å². The fourth-order valence-electron chi connectivity index (χ4n) is 4.00. The summed E-state index contributed by atoms with van der Waals surface area (Å²) in [5.74, 6) is 0.754. The summed E-state index contributed by atoms with van der Waals surface area (Å²) in [4.78, 5) is 13.2. The van der Waals surface area contributed by atoms with E-state index in [0.29, 0.717) is 27.9 Å². The molecule has 158 valence electrons. The molecule has 1 fully saturated rings. The van der Waals surface area contributed by atoms with E-state index in [2.05, 4.69) is 5.16 Å². The molecule has 4 rings (SSSR count). The number of benzene rings is 1. The average Bonchev–Trinajstić information content (AvgIpc) is 3.02. The van der Waals surface area contributed by atoms with Gasteiger partial charge in [0.25, 0.3) is 15.7 Å². The fraction of sp³-hybridized carbons (Fsp3) is 0.474. The predicted molar refractivity (Wildman–Crippen MR) is 111 cm³/mol. The quantitative estimate of drug-likeness (QED) is 0.583. The molecule has 10 heteroatoms. The molecule has 1 aliphatic rings. The number of aromatic nitrogens is 2. The van der Waals surface area contributed by atoms with Crippen molar-refractivity contribution >= 4 is 43.5 Å². The van der Waals surface area contributed by atoms with Gasteiger partial charge >= 0.3 is 0 Å². The zero-order valence-corrected chi connectivity index (χ0v) is 17.7. The maximum absolute atomic E-state index is 13.2. The second kappa shape index (κ2) is 8.43. The minimum absolute atomic E-state index is 0.0584. The SMILES string of the molecule is CS(=O)(=O)O.Cc1onc2c1c(=O)n([C@H]1CCC[C@@H](CO)C1)c1cccc(Cl)c21. The van der Waals surface area contributed by atoms with Gasteiger partial charge in [-0.15, -0.1) is 0 Å². The minimum atomic E-state index is -3.67. The molecule has 1 aliphatic carbocycles. The Balaban J connectivity index is 0.000000431. The van der Waals surface area contributed by atoms with E-state index >= 15 is 0 Å². The molecular weight excluding hydrogens is 420 g/mol. The highest BCUT2D eigenvalue weighted by Crippen LogP contribution is 2.36. The van der Waals surface area contributed by atoms with Crippen molar-refractivity contribution < 1.29 is 22.6 Å². The summed E-state index contributed by atoms with van der Waals surface area (Å²) >= 11 is 6.43. The van der Waals surface area contributed by atoms with E-state index < -0.39 is 10.1 Å². The molecule has 0 saturated heterocycles. The highest BCUT2D eigenvalue weighted by Gasteiger charge is 2.27. The van der Waals surface area contributed by atoms with Crippen LogP contribution < -0.4 is 5.56 Å². The van der Waals surface area contributed by atoms with Crippen LogP contribution in [-0.2, 0) is 10.1 Å². The van der Waals surface area contributed by atoms with E-state index in [1.54, 1.807) is 13.0 Å². The van der Waals surface area contributed by atoms with Crippen LogP contribution >= 0.6 is 11.6 Å². The summed E-state index contributed by atoms with van der Waals surface area (Å²) in [6.07, 6.45) is 4.45. The molecule has 8 nitrogen and oxygen atoms in total. The Labute approximate surface area is 172 Å². The van der Waals surface area contributed by atoms with Gasteiger partial charge in [-0.3, -0.25) is 9.35 Å². The van der Waals surface area contributed by atoms with Gasteiger partial charge in [-0.2, -0.15) is 8.42 Å². The van der Waals surface area contributed by atoms with Crippen molar-refractivity contribution in [2.45, 2.75) is 38.6 Å². The van der Waals surface area contributed by atoms with E-state index in [4.69, 9.17) is 20.7 Å². The Kier molecular flexibility index (Phi) is 6.33. The van der Waals surface area contributed by atoms with E-state index in [-0.39, 0.29) is 24.1 Å². The number of pyridine rings is 1. The number of hydrogen-bond donors (Lipinski definition) is 2. The van der Waals surface area contributed by atoms with Gasteiger partial charge in [0.2, 0.25) is 0 Å². The van der Waals surface area contributed by atoms with Gasteiger partial charge in [0.15, 0.2) is 0 Å². The van der Waals surface area contributed by atoms with Crippen LogP contribution in [0.3, 0.4) is 0 Å². The molecule has 1 saturated carbocycles. The van der Waals surface area contributed by atoms with Gasteiger partial charge < -0.3 is 14.2 Å². The summed E-state index contributed by atoms with van der Waals surface area (Å²) in [5, 5.41) is 15.4. The number of aryl methyl sites for hydroxylation is 1. The van der Waals surface area contributed by atoms with Crippen molar-refractivity contribution in [2.24, 2.45) is 5.92 Å². The number of rotatable bonds is 2. The first-order chi connectivity index (χ1) is 13.6. The van der Waals surface area contributed by atoms with Crippen LogP contribution in [0.25, 0.3) is 21.8 Å². The largest absolute Gasteiger partial charge is 0.396 e. The monoisotopic (exact) mass is 442 g/mol. The second-order valence-corrected chi connectivity index (χ2v) is 9.25. The minimum Gasteiger partial charge on any atom is -0.396 e. The predicted octanol–water partition coefficient (Wildman–Crippen LogP) is 3.33. The molecule has 2 atom stereocenters. The molecule has 0 radical (unpaired) electrons. The Bertz CT molecular complexity index is 1190. The van der Waals surface area contributed by atoms with Crippen molar-refractivity contribution in [1.29, 1.82) is 0 Å². The van der Waals surface area contributed by atoms with Crippen LogP contribution in [0.2, 0.25) is 5.02 Å². The molecule has 0 amide bonds. The Morgan fingerprint density at radius 1 is 1.31 bits per heavy atom. The first-order valence-corrected chi connectivity index (χ1v) is 11.5. The first-order valence-electron chi connectivity index (χ1n) is 9.23. The average molecular weight is 443 g/mol. The number of aliphatic hydroxyl groups excluding tert-OH is 1. The van der Waals surface area contributed by atoms with E-state index in [0.717, 1.165) is 36.6 Å². The first kappa shape index (κ1) is 21.8. The maximum Gasteiger partial charge on any atom is 0.264 e. The van der Waals surface area contributed by atoms with Gasteiger partial charge in [-0.1, -0.05) is 29.2 Å². The lowest BCUT2D eigenvalue weighted by Gasteiger charge is -2.30. The van der Waals surface area contributed by atoms with E-state index in [9.17, 15) is 18.3 Å². The van der Waals surface area contributed by atoms with E-state index in [1.807, 2.05) is 16.7 Å². The van der Waals surface area contributed by atoms with Crippen LogP contribution in [-0.4, -0.2) is 40.7 Å². The normalized spacial score (nSPS) is 19.9. The zero-order chi connectivity index (χ0) is 21.3. The van der Waals surface area contributed by atoms with Crippen molar-refractivity contribution in [1.82, 2.24) is 9.72 Å². The molecular formula is C19H23ClN2O6S. The van der Waals surface area contributed by atoms with Crippen molar-refractivity contribution in [3.05, 3.63) is 39.3 Å². The number of nitrogens with zero attached hydrogens (tertiary/aromatic N) is 2. The molecule has 3 aromatic rings. The van der Waals surface area contributed by atoms with Crippen molar-refractivity contribution in [3.8, 4) is 0 Å². The van der Waals surface area contributed by atoms with Gasteiger partial charge in [-0.25, -0.2) is 0 Å². The molecule has 2 aromatic heterocycles. The summed E-state index contributed by atoms with van der Waals surface area (Å²) in [6, 6.07) is 5.63. The van der Waals surface area contributed by atoms with Gasteiger partial charge in [-0.05, 0) is 44.2 Å². The summed E-state index contributed by atoms with van der Waals surface area (Å²) in [7, 11) is -3.67. The second-order valence-electron chi connectivity index (χ2n) is 7.37. The number of halogens is 1. The van der Waals surface area contributed by atoms with Crippen molar-refractivity contribution in [3.63, 3.8) is 0 Å². The molecule has 0 bridgehead atoms. The van der Waals surface area contributed by atoms with Crippen LogP contribution in [0.4, 0.5) is 0 Å². The number of hydrogen-bond acceptors (Lipinski definition) is 6. The van der Waals surface area contributed by atoms with Gasteiger partial charge in [0, 0.05) is 18.0 Å². The lowest BCUT2D eigenvalue weighted by atomic mass is 9.85. The van der Waals surface area contributed by atoms with Crippen LogP contribution in [0.1, 0.15) is 37.5 Å². The molecule has 0 unspecified atom stereocenters. The van der Waals surface area contributed by atoms with Crippen LogP contribution in [0.15, 0.2) is 27.5 Å². The number of aliphatic hydroxyl groups is 1. The number of fused-ring (bicyclic) bond motifs is 3. The smallest absolute Gasteiger partial charge is 0.264 e. The van der Waals surface area contributed by atoms with E-state index in [1.165, 1.54) is 0 Å². The zero-order valence-electron chi connectivity index (χ0n) is 16.1. The third-order valence-corrected chi connectivity index (χ3v) is 5.48. The van der Waals surface area contributed by atoms with Crippen LogP contribution in [0, 0.1) is 12.8 Å². The lowest BCUT2D eigenvalue weighted by molar-refractivity contribution is 0.163. The van der Waals surface area contributed by atoms with Gasteiger partial charge in [0.05, 0.1) is 16.8 Å². The molecule has 1 aromatic carbocycles. The fourth-order valence-corrected chi connectivity index (χ4v) is 4.26.